The van der Waals surface area contributed by atoms with Crippen molar-refractivity contribution < 1.29 is 4.74 Å². The zero-order valence-electron chi connectivity index (χ0n) is 12.8. The number of benzene rings is 1. The number of hydrogen-bond acceptors (Lipinski definition) is 4. The predicted molar refractivity (Wildman–Crippen MR) is 85.7 cm³/mol. The van der Waals surface area contributed by atoms with Crippen LogP contribution in [0.2, 0.25) is 0 Å². The van der Waals surface area contributed by atoms with Gasteiger partial charge in [-0.3, -0.25) is 0 Å². The summed E-state index contributed by atoms with van der Waals surface area (Å²) in [5.74, 6) is 0.745. The summed E-state index contributed by atoms with van der Waals surface area (Å²) >= 11 is 0. The number of nitrogens with zero attached hydrogens (tertiary/aromatic N) is 2. The molecule has 0 amide bonds. The van der Waals surface area contributed by atoms with E-state index in [0.29, 0.717) is 6.61 Å². The molecule has 2 aromatic rings. The average Bonchev–Trinajstić information content (AvgIpc) is 3.34. The van der Waals surface area contributed by atoms with Crippen molar-refractivity contribution in [3.05, 3.63) is 36.0 Å². The van der Waals surface area contributed by atoms with Crippen molar-refractivity contribution in [3.63, 3.8) is 0 Å². The summed E-state index contributed by atoms with van der Waals surface area (Å²) in [4.78, 5) is 6.87. The van der Waals surface area contributed by atoms with Gasteiger partial charge < -0.3 is 15.0 Å². The minimum Gasteiger partial charge on any atom is -0.476 e. The lowest BCUT2D eigenvalue weighted by molar-refractivity contribution is 0.228. The van der Waals surface area contributed by atoms with Gasteiger partial charge >= 0.3 is 0 Å². The molecule has 0 bridgehead atoms. The first-order chi connectivity index (χ1) is 10.3. The molecule has 3 rings (SSSR count). The van der Waals surface area contributed by atoms with Crippen LogP contribution in [0.3, 0.4) is 0 Å². The Balaban J connectivity index is 1.74. The third-order valence-electron chi connectivity index (χ3n) is 4.06. The third-order valence-corrected chi connectivity index (χ3v) is 4.06. The lowest BCUT2D eigenvalue weighted by atomic mass is 10.1. The van der Waals surface area contributed by atoms with Crippen molar-refractivity contribution >= 4 is 10.8 Å². The van der Waals surface area contributed by atoms with Gasteiger partial charge in [0.1, 0.15) is 6.61 Å². The van der Waals surface area contributed by atoms with E-state index in [-0.39, 0.29) is 0 Å². The van der Waals surface area contributed by atoms with Crippen LogP contribution in [0.15, 0.2) is 30.5 Å². The molecule has 4 heteroatoms. The summed E-state index contributed by atoms with van der Waals surface area (Å²) in [6.07, 6.45) is 4.57. The Morgan fingerprint density at radius 2 is 2.05 bits per heavy atom. The molecule has 1 heterocycles. The van der Waals surface area contributed by atoms with Crippen molar-refractivity contribution in [1.82, 2.24) is 15.2 Å². The van der Waals surface area contributed by atoms with Crippen molar-refractivity contribution in [2.75, 3.05) is 27.2 Å². The summed E-state index contributed by atoms with van der Waals surface area (Å²) in [6, 6.07) is 9.09. The van der Waals surface area contributed by atoms with Crippen LogP contribution in [0.5, 0.6) is 5.88 Å². The molecular weight excluding hydrogens is 262 g/mol. The first kappa shape index (κ1) is 14.3. The molecule has 1 aliphatic carbocycles. The minimum atomic E-state index is 0.690. The Kier molecular flexibility index (Phi) is 4.36. The molecule has 1 aromatic carbocycles. The third kappa shape index (κ3) is 3.34. The molecule has 1 N–H and O–H groups in total. The normalized spacial score (nSPS) is 14.8. The van der Waals surface area contributed by atoms with Crippen LogP contribution < -0.4 is 10.1 Å². The van der Waals surface area contributed by atoms with E-state index in [1.54, 1.807) is 0 Å². The molecule has 1 aromatic heterocycles. The Bertz CT molecular complexity index is 610. The van der Waals surface area contributed by atoms with E-state index < -0.39 is 0 Å². The molecule has 21 heavy (non-hydrogen) atoms. The standard InChI is InChI=1S/C17H23N3O/c1-18-11-13-12-19-17(16-6-4-3-5-15(13)16)21-10-9-20(2)14-7-8-14/h3-6,12,14,18H,7-11H2,1-2H3. The highest BCUT2D eigenvalue weighted by atomic mass is 16.5. The van der Waals surface area contributed by atoms with Gasteiger partial charge in [0.15, 0.2) is 0 Å². The Labute approximate surface area is 126 Å². The lowest BCUT2D eigenvalue weighted by Gasteiger charge is -2.16. The summed E-state index contributed by atoms with van der Waals surface area (Å²) in [6.45, 7) is 2.46. The van der Waals surface area contributed by atoms with Gasteiger partial charge in [-0.15, -0.1) is 0 Å². The molecule has 0 aliphatic heterocycles. The molecule has 0 saturated heterocycles. The van der Waals surface area contributed by atoms with Gasteiger partial charge in [-0.05, 0) is 44.0 Å². The van der Waals surface area contributed by atoms with E-state index in [9.17, 15) is 0 Å². The average molecular weight is 285 g/mol. The molecule has 1 saturated carbocycles. The fourth-order valence-electron chi connectivity index (χ4n) is 2.66. The van der Waals surface area contributed by atoms with Gasteiger partial charge in [-0.25, -0.2) is 4.98 Å². The molecule has 0 atom stereocenters. The molecule has 112 valence electrons. The predicted octanol–water partition coefficient (Wildman–Crippen LogP) is 2.43. The second-order valence-corrected chi connectivity index (χ2v) is 5.72. The van der Waals surface area contributed by atoms with Crippen LogP contribution in [-0.4, -0.2) is 43.2 Å². The highest BCUT2D eigenvalue weighted by molar-refractivity contribution is 5.89. The monoisotopic (exact) mass is 285 g/mol. The Morgan fingerprint density at radius 3 is 2.76 bits per heavy atom. The van der Waals surface area contributed by atoms with Crippen LogP contribution in [-0.2, 0) is 6.54 Å². The number of ether oxygens (including phenoxy) is 1. The fourth-order valence-corrected chi connectivity index (χ4v) is 2.66. The second kappa shape index (κ2) is 6.41. The van der Waals surface area contributed by atoms with E-state index in [1.165, 1.54) is 23.8 Å². The quantitative estimate of drug-likeness (QED) is 0.848. The summed E-state index contributed by atoms with van der Waals surface area (Å²) in [7, 11) is 4.12. The summed E-state index contributed by atoms with van der Waals surface area (Å²) < 4.78 is 5.93. The van der Waals surface area contributed by atoms with Gasteiger partial charge in [-0.1, -0.05) is 18.2 Å². The number of nitrogens with one attached hydrogen (secondary N) is 1. The highest BCUT2D eigenvalue weighted by Crippen LogP contribution is 2.27. The first-order valence-electron chi connectivity index (χ1n) is 7.64. The number of fused-ring (bicyclic) bond motifs is 1. The summed E-state index contributed by atoms with van der Waals surface area (Å²) in [5, 5.41) is 5.50. The van der Waals surface area contributed by atoms with Crippen LogP contribution in [0.25, 0.3) is 10.8 Å². The van der Waals surface area contributed by atoms with Crippen molar-refractivity contribution in [2.24, 2.45) is 0 Å². The molecule has 1 aliphatic rings. The van der Waals surface area contributed by atoms with Gasteiger partial charge in [0.25, 0.3) is 0 Å². The lowest BCUT2D eigenvalue weighted by Crippen LogP contribution is -2.26. The van der Waals surface area contributed by atoms with Crippen molar-refractivity contribution in [2.45, 2.75) is 25.4 Å². The number of likely N-dealkylation sites (N-methyl/N-ethyl adjacent to an activating group) is 1. The number of pyridine rings is 1. The Hall–Kier alpha value is -1.65. The molecule has 1 fully saturated rings. The smallest absolute Gasteiger partial charge is 0.221 e. The van der Waals surface area contributed by atoms with Gasteiger partial charge in [-0.2, -0.15) is 0 Å². The zero-order valence-corrected chi connectivity index (χ0v) is 12.8. The van der Waals surface area contributed by atoms with Crippen LogP contribution >= 0.6 is 0 Å². The maximum Gasteiger partial charge on any atom is 0.221 e. The van der Waals surface area contributed by atoms with Crippen molar-refractivity contribution in [1.29, 1.82) is 0 Å². The van der Waals surface area contributed by atoms with Crippen LogP contribution in [0, 0.1) is 0 Å². The van der Waals surface area contributed by atoms with E-state index in [2.05, 4.69) is 40.4 Å². The minimum absolute atomic E-state index is 0.690. The zero-order chi connectivity index (χ0) is 14.7. The molecular formula is C17H23N3O. The number of aromatic nitrogens is 1. The number of rotatable bonds is 7. The number of hydrogen-bond donors (Lipinski definition) is 1. The van der Waals surface area contributed by atoms with Crippen molar-refractivity contribution in [3.8, 4) is 5.88 Å². The Morgan fingerprint density at radius 1 is 1.29 bits per heavy atom. The van der Waals surface area contributed by atoms with Crippen LogP contribution in [0.4, 0.5) is 0 Å². The highest BCUT2D eigenvalue weighted by Gasteiger charge is 2.25. The topological polar surface area (TPSA) is 37.4 Å². The molecule has 0 radical (unpaired) electrons. The SMILES string of the molecule is CNCc1cnc(OCCN(C)C2CC2)c2ccccc12. The molecule has 0 spiro atoms. The second-order valence-electron chi connectivity index (χ2n) is 5.72. The van der Waals surface area contributed by atoms with Gasteiger partial charge in [0.2, 0.25) is 5.88 Å². The van der Waals surface area contributed by atoms with Gasteiger partial charge in [0, 0.05) is 30.7 Å². The van der Waals surface area contributed by atoms with E-state index in [4.69, 9.17) is 4.74 Å². The molecule has 4 nitrogen and oxygen atoms in total. The van der Waals surface area contributed by atoms with Crippen LogP contribution in [0.1, 0.15) is 18.4 Å². The first-order valence-corrected chi connectivity index (χ1v) is 7.64. The maximum atomic E-state index is 5.93. The van der Waals surface area contributed by atoms with E-state index >= 15 is 0 Å². The maximum absolute atomic E-state index is 5.93. The largest absolute Gasteiger partial charge is 0.476 e. The fraction of sp³-hybridized carbons (Fsp3) is 0.471. The summed E-state index contributed by atoms with van der Waals surface area (Å²) in [5.41, 5.74) is 1.20. The molecule has 0 unspecified atom stereocenters. The van der Waals surface area contributed by atoms with E-state index in [1.807, 2.05) is 19.3 Å². The van der Waals surface area contributed by atoms with Gasteiger partial charge in [0.05, 0.1) is 0 Å². The van der Waals surface area contributed by atoms with E-state index in [0.717, 1.165) is 30.4 Å².